The molecule has 2 heterocycles. The van der Waals surface area contributed by atoms with Gasteiger partial charge in [0.2, 0.25) is 11.6 Å². The molecule has 0 aromatic carbocycles. The number of rotatable bonds is 5. The molecule has 8 heteroatoms. The van der Waals surface area contributed by atoms with E-state index in [4.69, 9.17) is 0 Å². The summed E-state index contributed by atoms with van der Waals surface area (Å²) in [6.45, 7) is 4.06. The average Bonchev–Trinajstić information content (AvgIpc) is 2.99. The van der Waals surface area contributed by atoms with Crippen LogP contribution in [0.4, 0.5) is 0 Å². The second kappa shape index (κ2) is 6.29. The smallest absolute Gasteiger partial charge is 0.256 e. The first kappa shape index (κ1) is 14.9. The Kier molecular flexibility index (Phi) is 4.46. The molecule has 2 aromatic rings. The Morgan fingerprint density at radius 3 is 2.90 bits per heavy atom. The molecular formula is C13H18N6O2. The summed E-state index contributed by atoms with van der Waals surface area (Å²) in [5.74, 6) is -0.222. The lowest BCUT2D eigenvalue weighted by molar-refractivity contribution is -0.120. The first-order chi connectivity index (χ1) is 10.0. The Bertz CT molecular complexity index is 653. The van der Waals surface area contributed by atoms with Crippen LogP contribution in [0.2, 0.25) is 0 Å². The zero-order valence-electron chi connectivity index (χ0n) is 12.3. The number of pyridine rings is 1. The third-order valence-electron chi connectivity index (χ3n) is 3.35. The molecule has 1 atom stereocenters. The van der Waals surface area contributed by atoms with Crippen molar-refractivity contribution in [2.24, 2.45) is 0 Å². The highest BCUT2D eigenvalue weighted by atomic mass is 16.2. The van der Waals surface area contributed by atoms with Crippen LogP contribution in [-0.4, -0.2) is 56.7 Å². The Hall–Kier alpha value is -2.51. The van der Waals surface area contributed by atoms with E-state index in [2.05, 4.69) is 25.7 Å². The summed E-state index contributed by atoms with van der Waals surface area (Å²) < 4.78 is 0. The van der Waals surface area contributed by atoms with Gasteiger partial charge in [-0.05, 0) is 13.0 Å². The summed E-state index contributed by atoms with van der Waals surface area (Å²) in [5, 5.41) is 13.0. The fraction of sp³-hybridized carbons (Fsp3) is 0.462. The lowest BCUT2D eigenvalue weighted by atomic mass is 10.2. The summed E-state index contributed by atoms with van der Waals surface area (Å²) in [7, 11) is 1.69. The van der Waals surface area contributed by atoms with Gasteiger partial charge in [-0.2, -0.15) is 10.3 Å². The van der Waals surface area contributed by atoms with Gasteiger partial charge in [0.05, 0.1) is 5.56 Å². The molecule has 2 amide bonds. The molecule has 2 N–H and O–H groups in total. The lowest BCUT2D eigenvalue weighted by Crippen LogP contribution is -2.43. The Labute approximate surface area is 121 Å². The first-order valence-corrected chi connectivity index (χ1v) is 6.74. The minimum absolute atomic E-state index is 0.0366. The van der Waals surface area contributed by atoms with E-state index in [0.29, 0.717) is 29.7 Å². The quantitative estimate of drug-likeness (QED) is 0.826. The number of fused-ring (bicyclic) bond motifs is 1. The van der Waals surface area contributed by atoms with E-state index in [1.165, 1.54) is 6.20 Å². The Morgan fingerprint density at radius 2 is 2.19 bits per heavy atom. The first-order valence-electron chi connectivity index (χ1n) is 6.74. The van der Waals surface area contributed by atoms with Gasteiger partial charge in [0, 0.05) is 32.3 Å². The maximum Gasteiger partial charge on any atom is 0.256 e. The van der Waals surface area contributed by atoms with E-state index >= 15 is 0 Å². The van der Waals surface area contributed by atoms with Crippen molar-refractivity contribution in [3.05, 3.63) is 17.8 Å². The molecule has 0 bridgehead atoms. The zero-order chi connectivity index (χ0) is 15.4. The number of nitrogens with one attached hydrogen (secondary N) is 2. The van der Waals surface area contributed by atoms with Crippen LogP contribution in [0.3, 0.4) is 0 Å². The topological polar surface area (TPSA) is 104 Å². The van der Waals surface area contributed by atoms with Crippen LogP contribution in [0.5, 0.6) is 0 Å². The molecule has 0 radical (unpaired) electrons. The largest absolute Gasteiger partial charge is 0.354 e. The molecule has 0 aliphatic rings. The van der Waals surface area contributed by atoms with Gasteiger partial charge in [0.15, 0.2) is 0 Å². The molecule has 0 aliphatic carbocycles. The predicted octanol–water partition coefficient (Wildman–Crippen LogP) is 0.340. The second-order valence-electron chi connectivity index (χ2n) is 4.78. The van der Waals surface area contributed by atoms with Gasteiger partial charge in [-0.1, -0.05) is 6.92 Å². The molecule has 1 unspecified atom stereocenters. The van der Waals surface area contributed by atoms with E-state index in [-0.39, 0.29) is 17.9 Å². The maximum atomic E-state index is 12.5. The SMILES string of the molecule is CCC(=O)NCC(C)N(C)C(=O)c1ccnc2n[nH]nc12. The number of nitrogens with zero attached hydrogens (tertiary/aromatic N) is 4. The molecule has 0 fully saturated rings. The van der Waals surface area contributed by atoms with Crippen molar-refractivity contribution in [3.63, 3.8) is 0 Å². The normalized spacial score (nSPS) is 12.1. The number of aromatic amines is 1. The highest BCUT2D eigenvalue weighted by Crippen LogP contribution is 2.14. The second-order valence-corrected chi connectivity index (χ2v) is 4.78. The van der Waals surface area contributed by atoms with Gasteiger partial charge in [0.25, 0.3) is 5.91 Å². The van der Waals surface area contributed by atoms with Crippen molar-refractivity contribution in [3.8, 4) is 0 Å². The number of amides is 2. The van der Waals surface area contributed by atoms with Gasteiger partial charge >= 0.3 is 0 Å². The van der Waals surface area contributed by atoms with E-state index in [9.17, 15) is 9.59 Å². The molecule has 0 spiro atoms. The number of H-pyrrole nitrogens is 1. The standard InChI is InChI=1S/C13H18N6O2/c1-4-10(20)15-7-8(2)19(3)13(21)9-5-6-14-12-11(9)16-18-17-12/h5-6,8H,4,7H2,1-3H3,(H,15,20)(H,14,16,17,18). The van der Waals surface area contributed by atoms with Crippen LogP contribution in [-0.2, 0) is 4.79 Å². The van der Waals surface area contributed by atoms with E-state index in [1.807, 2.05) is 6.92 Å². The molecule has 2 rings (SSSR count). The van der Waals surface area contributed by atoms with E-state index in [0.717, 1.165) is 0 Å². The van der Waals surface area contributed by atoms with Crippen LogP contribution >= 0.6 is 0 Å². The third kappa shape index (κ3) is 3.15. The lowest BCUT2D eigenvalue weighted by Gasteiger charge is -2.25. The molecular weight excluding hydrogens is 272 g/mol. The summed E-state index contributed by atoms with van der Waals surface area (Å²) in [5.41, 5.74) is 1.28. The minimum Gasteiger partial charge on any atom is -0.354 e. The highest BCUT2D eigenvalue weighted by molar-refractivity contribution is 6.03. The van der Waals surface area contributed by atoms with Crippen molar-refractivity contribution in [1.82, 2.24) is 30.6 Å². The summed E-state index contributed by atoms with van der Waals surface area (Å²) >= 11 is 0. The van der Waals surface area contributed by atoms with Crippen molar-refractivity contribution < 1.29 is 9.59 Å². The fourth-order valence-corrected chi connectivity index (χ4v) is 1.84. The monoisotopic (exact) mass is 290 g/mol. The highest BCUT2D eigenvalue weighted by Gasteiger charge is 2.21. The number of carbonyl (C=O) groups is 2. The molecule has 0 saturated carbocycles. The third-order valence-corrected chi connectivity index (χ3v) is 3.35. The molecule has 21 heavy (non-hydrogen) atoms. The zero-order valence-corrected chi connectivity index (χ0v) is 12.3. The van der Waals surface area contributed by atoms with Crippen molar-refractivity contribution in [1.29, 1.82) is 0 Å². The van der Waals surface area contributed by atoms with E-state index < -0.39 is 0 Å². The number of hydrogen-bond donors (Lipinski definition) is 2. The van der Waals surface area contributed by atoms with Crippen molar-refractivity contribution in [2.75, 3.05) is 13.6 Å². The molecule has 0 saturated heterocycles. The average molecular weight is 290 g/mol. The summed E-state index contributed by atoms with van der Waals surface area (Å²) in [6.07, 6.45) is 1.95. The van der Waals surface area contributed by atoms with Crippen LogP contribution < -0.4 is 5.32 Å². The maximum absolute atomic E-state index is 12.5. The van der Waals surface area contributed by atoms with Gasteiger partial charge in [-0.15, -0.1) is 5.10 Å². The summed E-state index contributed by atoms with van der Waals surface area (Å²) in [4.78, 5) is 29.4. The molecule has 8 nitrogen and oxygen atoms in total. The predicted molar refractivity (Wildman–Crippen MR) is 76.5 cm³/mol. The summed E-state index contributed by atoms with van der Waals surface area (Å²) in [6, 6.07) is 1.48. The van der Waals surface area contributed by atoms with E-state index in [1.54, 1.807) is 24.9 Å². The van der Waals surface area contributed by atoms with Crippen molar-refractivity contribution >= 4 is 23.0 Å². The molecule has 0 aliphatic heterocycles. The number of hydrogen-bond acceptors (Lipinski definition) is 5. The van der Waals surface area contributed by atoms with Crippen molar-refractivity contribution in [2.45, 2.75) is 26.3 Å². The molecule has 112 valence electrons. The van der Waals surface area contributed by atoms with Crippen LogP contribution in [0.15, 0.2) is 12.3 Å². The molecule has 2 aromatic heterocycles. The van der Waals surface area contributed by atoms with Gasteiger partial charge in [-0.3, -0.25) is 9.59 Å². The fourth-order valence-electron chi connectivity index (χ4n) is 1.84. The van der Waals surface area contributed by atoms with Gasteiger partial charge < -0.3 is 10.2 Å². The van der Waals surface area contributed by atoms with Crippen LogP contribution in [0.1, 0.15) is 30.6 Å². The van der Waals surface area contributed by atoms with Gasteiger partial charge in [-0.25, -0.2) is 4.98 Å². The number of aromatic nitrogens is 4. The van der Waals surface area contributed by atoms with Crippen LogP contribution in [0, 0.1) is 0 Å². The Morgan fingerprint density at radius 1 is 1.43 bits per heavy atom. The Balaban J connectivity index is 2.11. The number of likely N-dealkylation sites (N-methyl/N-ethyl adjacent to an activating group) is 1. The minimum atomic E-state index is -0.186. The number of carbonyl (C=O) groups excluding carboxylic acids is 2. The van der Waals surface area contributed by atoms with Gasteiger partial charge in [0.1, 0.15) is 5.52 Å². The van der Waals surface area contributed by atoms with Crippen LogP contribution in [0.25, 0.3) is 11.2 Å².